The summed E-state index contributed by atoms with van der Waals surface area (Å²) < 4.78 is 108. The Kier molecular flexibility index (Phi) is 15.2. The van der Waals surface area contributed by atoms with E-state index in [1.165, 1.54) is 63.4 Å². The number of hydrogen-bond acceptors (Lipinski definition) is 9. The smallest absolute Gasteiger partial charge is 0.432 e. The van der Waals surface area contributed by atoms with Crippen LogP contribution in [0.2, 0.25) is 0 Å². The number of aromatic nitrogens is 1. The van der Waals surface area contributed by atoms with Crippen LogP contribution < -0.4 is 0 Å². The van der Waals surface area contributed by atoms with Crippen LogP contribution in [0.4, 0.5) is 32.2 Å². The summed E-state index contributed by atoms with van der Waals surface area (Å²) in [6.07, 6.45) is -10.9. The van der Waals surface area contributed by atoms with Crippen molar-refractivity contribution in [2.45, 2.75) is 106 Å². The Morgan fingerprint density at radius 3 is 1.70 bits per heavy atom. The number of benzene rings is 2. The van der Waals surface area contributed by atoms with Crippen molar-refractivity contribution in [2.75, 3.05) is 14.2 Å². The molecule has 5 atom stereocenters. The predicted molar refractivity (Wildman–Crippen MR) is 196 cm³/mol. The molecule has 0 aliphatic heterocycles. The molecule has 2 aromatic carbocycles. The Morgan fingerprint density at radius 1 is 0.860 bits per heavy atom. The van der Waals surface area contributed by atoms with Crippen LogP contribution in [0.15, 0.2) is 84.6 Å². The number of halogens is 7. The van der Waals surface area contributed by atoms with Crippen LogP contribution in [-0.2, 0) is 46.2 Å². The average molecular weight is 835 g/mol. The van der Waals surface area contributed by atoms with Crippen molar-refractivity contribution in [1.82, 2.24) is 4.98 Å². The number of rotatable bonds is 19. The van der Waals surface area contributed by atoms with Crippen LogP contribution in [0.3, 0.4) is 0 Å². The fourth-order valence-corrected chi connectivity index (χ4v) is 6.45. The zero-order valence-corrected chi connectivity index (χ0v) is 32.8. The highest BCUT2D eigenvalue weighted by Crippen LogP contribution is 2.45. The lowest BCUT2D eigenvalue weighted by atomic mass is 9.90. The number of carbonyl (C=O) groups is 2. The Hall–Kier alpha value is -4.45. The molecule has 314 valence electrons. The number of aromatic amines is 1. The van der Waals surface area contributed by atoms with Crippen molar-refractivity contribution in [3.8, 4) is 0 Å². The highest BCUT2D eigenvalue weighted by Gasteiger charge is 2.66. The van der Waals surface area contributed by atoms with Crippen LogP contribution in [0.25, 0.3) is 0 Å². The number of hydrogen-bond donors (Lipinski definition) is 2. The SMILES string of the molecule is CO[C@](C(=O)O[C@H](CC/C(C)=C/CC[C@@](C)(Cl)[C@@H](Cc1c[nH]c([N+](=O)[O-])c1)OC(=O)[C@@](OC)(c1ccccc1)C(F)(F)F)C(C)(C)O)(c1ccccc1)C(F)(F)F. The highest BCUT2D eigenvalue weighted by molar-refractivity contribution is 6.24. The van der Waals surface area contributed by atoms with Crippen molar-refractivity contribution in [3.05, 3.63) is 111 Å². The summed E-state index contributed by atoms with van der Waals surface area (Å²) in [5.74, 6) is -4.02. The van der Waals surface area contributed by atoms with Gasteiger partial charge in [0.1, 0.15) is 12.2 Å². The number of allylic oxidation sites excluding steroid dienone is 2. The first-order valence-corrected chi connectivity index (χ1v) is 17.9. The van der Waals surface area contributed by atoms with Gasteiger partial charge in [-0.05, 0) is 58.3 Å². The zero-order chi connectivity index (χ0) is 43.0. The van der Waals surface area contributed by atoms with Gasteiger partial charge in [0.05, 0.1) is 16.7 Å². The van der Waals surface area contributed by atoms with Crippen molar-refractivity contribution >= 4 is 29.4 Å². The molecular weight excluding hydrogens is 790 g/mol. The number of ether oxygens (including phenoxy) is 4. The molecule has 0 aliphatic rings. The number of aliphatic hydroxyl groups is 1. The molecule has 18 heteroatoms. The highest BCUT2D eigenvalue weighted by atomic mass is 35.5. The number of alkyl halides is 7. The van der Waals surface area contributed by atoms with Gasteiger partial charge in [0.2, 0.25) is 0 Å². The first-order valence-electron chi connectivity index (χ1n) is 17.5. The van der Waals surface area contributed by atoms with Crippen LogP contribution in [0.1, 0.15) is 70.1 Å². The van der Waals surface area contributed by atoms with Gasteiger partial charge in [-0.3, -0.25) is 0 Å². The first kappa shape index (κ1) is 46.9. The van der Waals surface area contributed by atoms with Gasteiger partial charge in [0.25, 0.3) is 11.2 Å². The van der Waals surface area contributed by atoms with Gasteiger partial charge < -0.3 is 34.2 Å². The molecule has 0 saturated heterocycles. The molecule has 3 rings (SSSR count). The maximum atomic E-state index is 14.7. The maximum Gasteiger partial charge on any atom is 0.432 e. The van der Waals surface area contributed by atoms with Gasteiger partial charge in [0, 0.05) is 43.4 Å². The molecule has 0 fully saturated rings. The number of carbonyl (C=O) groups excluding carboxylic acids is 2. The van der Waals surface area contributed by atoms with E-state index in [9.17, 15) is 51.2 Å². The third-order valence-electron chi connectivity index (χ3n) is 9.58. The molecule has 0 amide bonds. The van der Waals surface area contributed by atoms with E-state index in [1.54, 1.807) is 13.0 Å². The zero-order valence-electron chi connectivity index (χ0n) is 32.0. The number of nitro groups is 1. The molecule has 1 heterocycles. The number of esters is 2. The normalized spacial score (nSPS) is 17.1. The number of nitrogens with zero attached hydrogens (tertiary/aromatic N) is 1. The third kappa shape index (κ3) is 10.7. The molecule has 3 aromatic rings. The van der Waals surface area contributed by atoms with Gasteiger partial charge >= 0.3 is 30.1 Å². The third-order valence-corrected chi connectivity index (χ3v) is 10.0. The molecule has 2 N–H and O–H groups in total. The molecular formula is C39H45ClF6N2O9. The molecule has 57 heavy (non-hydrogen) atoms. The molecule has 0 saturated carbocycles. The van der Waals surface area contributed by atoms with Crippen LogP contribution in [0.5, 0.6) is 0 Å². The van der Waals surface area contributed by atoms with Crippen molar-refractivity contribution < 1.29 is 64.9 Å². The van der Waals surface area contributed by atoms with Crippen LogP contribution in [-0.4, -0.2) is 76.2 Å². The second-order valence-corrected chi connectivity index (χ2v) is 15.1. The van der Waals surface area contributed by atoms with Gasteiger partial charge in [-0.25, -0.2) is 14.6 Å². The minimum Gasteiger partial charge on any atom is -0.457 e. The van der Waals surface area contributed by atoms with E-state index in [4.69, 9.17) is 30.5 Å². The molecule has 0 bridgehead atoms. The Labute approximate surface area is 330 Å². The van der Waals surface area contributed by atoms with Gasteiger partial charge in [0.15, 0.2) is 0 Å². The summed E-state index contributed by atoms with van der Waals surface area (Å²) in [6, 6.07) is 13.4. The second kappa shape index (κ2) is 18.4. The largest absolute Gasteiger partial charge is 0.457 e. The van der Waals surface area contributed by atoms with E-state index < -0.39 is 80.0 Å². The Balaban J connectivity index is 1.85. The first-order chi connectivity index (χ1) is 26.4. The summed E-state index contributed by atoms with van der Waals surface area (Å²) >= 11 is 6.92. The summed E-state index contributed by atoms with van der Waals surface area (Å²) in [5, 5.41) is 22.1. The molecule has 0 radical (unpaired) electrons. The van der Waals surface area contributed by atoms with E-state index >= 15 is 0 Å². The Morgan fingerprint density at radius 2 is 1.32 bits per heavy atom. The number of H-pyrrole nitrogens is 1. The fraction of sp³-hybridized carbons (Fsp3) is 0.487. The minimum atomic E-state index is -5.30. The van der Waals surface area contributed by atoms with Crippen molar-refractivity contribution in [3.63, 3.8) is 0 Å². The van der Waals surface area contributed by atoms with Crippen molar-refractivity contribution in [1.29, 1.82) is 0 Å². The minimum absolute atomic E-state index is 0.0311. The molecule has 11 nitrogen and oxygen atoms in total. The molecule has 0 aliphatic carbocycles. The van der Waals surface area contributed by atoms with E-state index in [0.29, 0.717) is 12.7 Å². The lowest BCUT2D eigenvalue weighted by molar-refractivity contribution is -0.389. The van der Waals surface area contributed by atoms with Gasteiger partial charge in [-0.2, -0.15) is 26.3 Å². The standard InChI is InChI=1S/C39H45ClF6N2O9/c1-25(19-20-29(34(2,3)51)56-32(49)36(54-5,38(41,42)43)27-15-9-7-10-16-27)14-13-21-35(4,40)30(22-26-23-31(47-24-26)48(52)53)57-33(50)37(55-6,39(44,45)46)28-17-11-8-12-18-28/h7-12,14-18,23-24,29-30,47,51H,13,19-22H2,1-6H3/b25-14+/t29-,30-,35-,36+,37+/m1/s1. The summed E-state index contributed by atoms with van der Waals surface area (Å²) in [6.45, 7) is 5.60. The summed E-state index contributed by atoms with van der Waals surface area (Å²) in [7, 11) is 1.43. The Bertz CT molecular complexity index is 1850. The summed E-state index contributed by atoms with van der Waals surface area (Å²) in [5.41, 5.74) is -9.10. The topological polar surface area (TPSA) is 150 Å². The monoisotopic (exact) mass is 834 g/mol. The average Bonchev–Trinajstić information content (AvgIpc) is 3.59. The van der Waals surface area contributed by atoms with Crippen molar-refractivity contribution in [2.24, 2.45) is 0 Å². The lowest BCUT2D eigenvalue weighted by Crippen LogP contribution is -2.54. The quantitative estimate of drug-likeness (QED) is 0.0302. The fourth-order valence-electron chi connectivity index (χ4n) is 6.22. The predicted octanol–water partition coefficient (Wildman–Crippen LogP) is 8.77. The number of methoxy groups -OCH3 is 2. The number of nitrogens with one attached hydrogen (secondary N) is 1. The molecule has 1 aromatic heterocycles. The van der Waals surface area contributed by atoms with Crippen LogP contribution in [0, 0.1) is 10.1 Å². The maximum absolute atomic E-state index is 14.7. The lowest BCUT2D eigenvalue weighted by Gasteiger charge is -2.37. The molecule has 0 spiro atoms. The van der Waals surface area contributed by atoms with E-state index in [2.05, 4.69) is 4.98 Å². The van der Waals surface area contributed by atoms with Gasteiger partial charge in [-0.1, -0.05) is 72.3 Å². The van der Waals surface area contributed by atoms with E-state index in [0.717, 1.165) is 37.4 Å². The van der Waals surface area contributed by atoms with Gasteiger partial charge in [-0.15, -0.1) is 11.6 Å². The summed E-state index contributed by atoms with van der Waals surface area (Å²) in [4.78, 5) is 38.3. The molecule has 0 unspecified atom stereocenters. The van der Waals surface area contributed by atoms with Crippen LogP contribution >= 0.6 is 11.6 Å². The second-order valence-electron chi connectivity index (χ2n) is 14.2. The van der Waals surface area contributed by atoms with E-state index in [1.807, 2.05) is 0 Å². The van der Waals surface area contributed by atoms with E-state index in [-0.39, 0.29) is 37.7 Å².